The number of hydrogen-bond acceptors (Lipinski definition) is 5. The summed E-state index contributed by atoms with van der Waals surface area (Å²) in [5.74, 6) is -0.00494. The molecule has 0 unspecified atom stereocenters. The van der Waals surface area contributed by atoms with Crippen LogP contribution in [0.15, 0.2) is 30.3 Å². The summed E-state index contributed by atoms with van der Waals surface area (Å²) in [6.07, 6.45) is 2.21. The third kappa shape index (κ3) is 4.28. The lowest BCUT2D eigenvalue weighted by atomic mass is 10.2. The van der Waals surface area contributed by atoms with Gasteiger partial charge in [0, 0.05) is 30.0 Å². The van der Waals surface area contributed by atoms with E-state index in [0.717, 1.165) is 18.5 Å². The molecule has 3 rings (SSSR count). The fourth-order valence-corrected chi connectivity index (χ4v) is 2.23. The zero-order chi connectivity index (χ0) is 17.1. The van der Waals surface area contributed by atoms with Crippen LogP contribution in [0.4, 0.5) is 17.3 Å². The lowest BCUT2D eigenvalue weighted by molar-refractivity contribution is -0.114. The molecule has 1 saturated carbocycles. The molecule has 0 spiro atoms. The van der Waals surface area contributed by atoms with Gasteiger partial charge in [-0.3, -0.25) is 9.59 Å². The average molecular weight is 325 g/mol. The molecular weight excluding hydrogens is 306 g/mol. The number of hydrogen-bond donors (Lipinski definition) is 3. The molecule has 0 aliphatic heterocycles. The van der Waals surface area contributed by atoms with Gasteiger partial charge in [0.25, 0.3) is 5.91 Å². The van der Waals surface area contributed by atoms with Crippen LogP contribution in [-0.2, 0) is 4.79 Å². The number of nitrogens with one attached hydrogen (secondary N) is 3. The molecule has 2 aromatic rings. The summed E-state index contributed by atoms with van der Waals surface area (Å²) in [6, 6.07) is 9.01. The number of nitrogens with zero attached hydrogens (tertiary/aromatic N) is 2. The summed E-state index contributed by atoms with van der Waals surface area (Å²) in [6.45, 7) is 3.26. The van der Waals surface area contributed by atoms with E-state index in [4.69, 9.17) is 0 Å². The minimum atomic E-state index is -0.320. The zero-order valence-electron chi connectivity index (χ0n) is 13.6. The molecule has 7 heteroatoms. The van der Waals surface area contributed by atoms with Crippen molar-refractivity contribution in [2.45, 2.75) is 32.7 Å². The highest BCUT2D eigenvalue weighted by Crippen LogP contribution is 2.23. The molecule has 1 fully saturated rings. The Morgan fingerprint density at radius 3 is 2.46 bits per heavy atom. The minimum absolute atomic E-state index is 0.166. The first kappa shape index (κ1) is 15.9. The van der Waals surface area contributed by atoms with E-state index in [9.17, 15) is 9.59 Å². The van der Waals surface area contributed by atoms with Gasteiger partial charge in [0.05, 0.1) is 0 Å². The molecule has 0 atom stereocenters. The molecule has 1 aliphatic carbocycles. The molecule has 1 aliphatic rings. The van der Waals surface area contributed by atoms with Gasteiger partial charge < -0.3 is 16.0 Å². The van der Waals surface area contributed by atoms with Crippen LogP contribution in [0.2, 0.25) is 0 Å². The maximum Gasteiger partial charge on any atom is 0.274 e. The van der Waals surface area contributed by atoms with Gasteiger partial charge in [-0.15, -0.1) is 0 Å². The number of amides is 2. The standard InChI is InChI=1S/C17H19N5O2/c1-10-8-15(22-17(18-10)21-12-6-7-12)16(24)20-14-5-3-4-13(9-14)19-11(2)23/h3-5,8-9,12H,6-7H2,1-2H3,(H,19,23)(H,20,24)(H,18,21,22). The van der Waals surface area contributed by atoms with Crippen molar-refractivity contribution in [3.05, 3.63) is 41.7 Å². The second-order valence-corrected chi connectivity index (χ2v) is 5.85. The zero-order valence-corrected chi connectivity index (χ0v) is 13.6. The Hall–Kier alpha value is -2.96. The summed E-state index contributed by atoms with van der Waals surface area (Å²) in [4.78, 5) is 32.1. The molecular formula is C17H19N5O2. The van der Waals surface area contributed by atoms with Crippen LogP contribution >= 0.6 is 0 Å². The van der Waals surface area contributed by atoms with E-state index in [-0.39, 0.29) is 11.8 Å². The predicted molar refractivity (Wildman–Crippen MR) is 92.1 cm³/mol. The number of aromatic nitrogens is 2. The van der Waals surface area contributed by atoms with Crippen LogP contribution < -0.4 is 16.0 Å². The van der Waals surface area contributed by atoms with Crippen molar-refractivity contribution < 1.29 is 9.59 Å². The summed E-state index contributed by atoms with van der Waals surface area (Å²) in [5, 5.41) is 8.66. The smallest absolute Gasteiger partial charge is 0.274 e. The highest BCUT2D eigenvalue weighted by atomic mass is 16.2. The fourth-order valence-electron chi connectivity index (χ4n) is 2.23. The van der Waals surface area contributed by atoms with Gasteiger partial charge in [0.1, 0.15) is 5.69 Å². The molecule has 124 valence electrons. The van der Waals surface area contributed by atoms with E-state index >= 15 is 0 Å². The Morgan fingerprint density at radius 2 is 1.79 bits per heavy atom. The van der Waals surface area contributed by atoms with Crippen LogP contribution in [0.5, 0.6) is 0 Å². The monoisotopic (exact) mass is 325 g/mol. The second kappa shape index (κ2) is 6.66. The van der Waals surface area contributed by atoms with Crippen molar-refractivity contribution in [1.29, 1.82) is 0 Å². The van der Waals surface area contributed by atoms with Crippen LogP contribution in [0.25, 0.3) is 0 Å². The van der Waals surface area contributed by atoms with Crippen molar-refractivity contribution in [1.82, 2.24) is 9.97 Å². The average Bonchev–Trinajstić information content (AvgIpc) is 3.30. The first-order valence-corrected chi connectivity index (χ1v) is 7.81. The third-order valence-electron chi connectivity index (χ3n) is 3.44. The van der Waals surface area contributed by atoms with E-state index < -0.39 is 0 Å². The third-order valence-corrected chi connectivity index (χ3v) is 3.44. The quantitative estimate of drug-likeness (QED) is 0.785. The predicted octanol–water partition coefficient (Wildman–Crippen LogP) is 2.57. The summed E-state index contributed by atoms with van der Waals surface area (Å²) in [7, 11) is 0. The maximum atomic E-state index is 12.4. The molecule has 7 nitrogen and oxygen atoms in total. The Kier molecular flexibility index (Phi) is 4.41. The van der Waals surface area contributed by atoms with E-state index in [2.05, 4.69) is 25.9 Å². The van der Waals surface area contributed by atoms with Gasteiger partial charge in [-0.2, -0.15) is 0 Å². The number of rotatable bonds is 5. The number of anilines is 3. The molecule has 0 saturated heterocycles. The van der Waals surface area contributed by atoms with Crippen molar-refractivity contribution in [3.63, 3.8) is 0 Å². The van der Waals surface area contributed by atoms with Crippen molar-refractivity contribution in [2.24, 2.45) is 0 Å². The normalized spacial score (nSPS) is 13.2. The highest BCUT2D eigenvalue weighted by Gasteiger charge is 2.22. The number of aryl methyl sites for hydroxylation is 1. The van der Waals surface area contributed by atoms with Crippen molar-refractivity contribution in [3.8, 4) is 0 Å². The lowest BCUT2D eigenvalue weighted by Crippen LogP contribution is -2.17. The maximum absolute atomic E-state index is 12.4. The number of benzene rings is 1. The van der Waals surface area contributed by atoms with E-state index in [0.29, 0.717) is 29.1 Å². The molecule has 1 heterocycles. The number of carbonyl (C=O) groups excluding carboxylic acids is 2. The Morgan fingerprint density at radius 1 is 1.08 bits per heavy atom. The first-order chi connectivity index (χ1) is 11.5. The number of carbonyl (C=O) groups is 2. The van der Waals surface area contributed by atoms with E-state index in [1.807, 2.05) is 6.92 Å². The summed E-state index contributed by atoms with van der Waals surface area (Å²) >= 11 is 0. The topological polar surface area (TPSA) is 96.0 Å². The van der Waals surface area contributed by atoms with Crippen LogP contribution in [-0.4, -0.2) is 27.8 Å². The van der Waals surface area contributed by atoms with Gasteiger partial charge in [-0.05, 0) is 44.0 Å². The minimum Gasteiger partial charge on any atom is -0.351 e. The van der Waals surface area contributed by atoms with Gasteiger partial charge in [0.15, 0.2) is 0 Å². The van der Waals surface area contributed by atoms with Crippen LogP contribution in [0.3, 0.4) is 0 Å². The van der Waals surface area contributed by atoms with E-state index in [1.54, 1.807) is 30.3 Å². The SMILES string of the molecule is CC(=O)Nc1cccc(NC(=O)c2cc(C)nc(NC3CC3)n2)c1. The molecule has 1 aromatic carbocycles. The van der Waals surface area contributed by atoms with Gasteiger partial charge in [0.2, 0.25) is 11.9 Å². The highest BCUT2D eigenvalue weighted by molar-refractivity contribution is 6.03. The molecule has 24 heavy (non-hydrogen) atoms. The largest absolute Gasteiger partial charge is 0.351 e. The van der Waals surface area contributed by atoms with Crippen molar-refractivity contribution in [2.75, 3.05) is 16.0 Å². The summed E-state index contributed by atoms with van der Waals surface area (Å²) < 4.78 is 0. The Balaban J connectivity index is 1.74. The molecule has 0 radical (unpaired) electrons. The molecule has 0 bridgehead atoms. The first-order valence-electron chi connectivity index (χ1n) is 7.81. The molecule has 2 amide bonds. The van der Waals surface area contributed by atoms with Crippen molar-refractivity contribution >= 4 is 29.1 Å². The summed E-state index contributed by atoms with van der Waals surface area (Å²) in [5.41, 5.74) is 2.23. The molecule has 1 aromatic heterocycles. The van der Waals surface area contributed by atoms with Gasteiger partial charge in [-0.1, -0.05) is 6.07 Å². The second-order valence-electron chi connectivity index (χ2n) is 5.85. The van der Waals surface area contributed by atoms with Gasteiger partial charge >= 0.3 is 0 Å². The molecule has 3 N–H and O–H groups in total. The van der Waals surface area contributed by atoms with Gasteiger partial charge in [-0.25, -0.2) is 9.97 Å². The fraction of sp³-hybridized carbons (Fsp3) is 0.294. The van der Waals surface area contributed by atoms with E-state index in [1.165, 1.54) is 6.92 Å². The Labute approximate surface area is 139 Å². The van der Waals surface area contributed by atoms with Crippen LogP contribution in [0.1, 0.15) is 35.9 Å². The van der Waals surface area contributed by atoms with Crippen LogP contribution in [0, 0.1) is 6.92 Å². The lowest BCUT2D eigenvalue weighted by Gasteiger charge is -2.09. The Bertz CT molecular complexity index is 786.